The zero-order chi connectivity index (χ0) is 26.7. The number of aryl methyl sites for hydroxylation is 1. The van der Waals surface area contributed by atoms with Crippen LogP contribution in [0.25, 0.3) is 22.5 Å². The van der Waals surface area contributed by atoms with E-state index in [1.165, 1.54) is 24.0 Å². The van der Waals surface area contributed by atoms with Crippen molar-refractivity contribution >= 4 is 17.5 Å². The molecule has 37 heavy (non-hydrogen) atoms. The van der Waals surface area contributed by atoms with Gasteiger partial charge in [0.05, 0.1) is 28.7 Å². The molecule has 0 bridgehead atoms. The van der Waals surface area contributed by atoms with Gasteiger partial charge in [-0.05, 0) is 18.2 Å². The van der Waals surface area contributed by atoms with Gasteiger partial charge in [-0.15, -0.1) is 0 Å². The number of amides is 2. The number of hydrogen-bond donors (Lipinski definition) is 2. The van der Waals surface area contributed by atoms with Gasteiger partial charge < -0.3 is 15.8 Å². The molecule has 0 unspecified atom stereocenters. The first-order valence-electron chi connectivity index (χ1n) is 10.6. The fraction of sp³-hybridized carbons (Fsp3) is 0.125. The van der Waals surface area contributed by atoms with Crippen molar-refractivity contribution in [2.24, 2.45) is 12.8 Å². The minimum absolute atomic E-state index is 0.0151. The van der Waals surface area contributed by atoms with Gasteiger partial charge in [-0.3, -0.25) is 14.3 Å². The van der Waals surface area contributed by atoms with Crippen LogP contribution >= 0.6 is 0 Å². The first kappa shape index (κ1) is 25.3. The zero-order valence-electron chi connectivity index (χ0n) is 19.1. The molecule has 0 aliphatic rings. The van der Waals surface area contributed by atoms with Crippen molar-refractivity contribution < 1.29 is 31.9 Å². The molecule has 4 rings (SSSR count). The maximum Gasteiger partial charge on any atom is 0.417 e. The second-order valence-electron chi connectivity index (χ2n) is 7.74. The van der Waals surface area contributed by atoms with Gasteiger partial charge in [0.15, 0.2) is 6.61 Å². The van der Waals surface area contributed by atoms with E-state index < -0.39 is 47.1 Å². The highest BCUT2D eigenvalue weighted by atomic mass is 19.4. The smallest absolute Gasteiger partial charge is 0.417 e. The topological polar surface area (TPSA) is 125 Å². The molecule has 0 atom stereocenters. The summed E-state index contributed by atoms with van der Waals surface area (Å²) < 4.78 is 62.1. The average molecular weight is 514 g/mol. The van der Waals surface area contributed by atoms with Crippen molar-refractivity contribution in [1.29, 1.82) is 0 Å². The summed E-state index contributed by atoms with van der Waals surface area (Å²) in [4.78, 5) is 32.2. The Bertz CT molecular complexity index is 1470. The number of hydrogen-bond acceptors (Lipinski definition) is 6. The third kappa shape index (κ3) is 5.72. The number of rotatable bonds is 7. The van der Waals surface area contributed by atoms with Crippen LogP contribution in [0.15, 0.2) is 60.9 Å². The number of nitrogens with one attached hydrogen (secondary N) is 1. The summed E-state index contributed by atoms with van der Waals surface area (Å²) >= 11 is 0. The maximum absolute atomic E-state index is 14.8. The highest BCUT2D eigenvalue weighted by Crippen LogP contribution is 2.38. The number of carbonyl (C=O) groups is 2. The van der Waals surface area contributed by atoms with Crippen LogP contribution in [0.4, 0.5) is 23.2 Å². The third-order valence-electron chi connectivity index (χ3n) is 5.05. The van der Waals surface area contributed by atoms with Gasteiger partial charge >= 0.3 is 12.2 Å². The van der Waals surface area contributed by atoms with Gasteiger partial charge in [0.2, 0.25) is 0 Å². The van der Waals surface area contributed by atoms with Crippen LogP contribution in [0, 0.1) is 5.82 Å². The Hall–Kier alpha value is -4.81. The Morgan fingerprint density at radius 2 is 1.86 bits per heavy atom. The van der Waals surface area contributed by atoms with Gasteiger partial charge in [0, 0.05) is 24.4 Å². The number of primary amides is 1. The highest BCUT2D eigenvalue weighted by Gasteiger charge is 2.36. The highest BCUT2D eigenvalue weighted by molar-refractivity contribution is 6.06. The lowest BCUT2D eigenvalue weighted by molar-refractivity contribution is -0.137. The van der Waals surface area contributed by atoms with E-state index in [0.29, 0.717) is 5.56 Å². The quantitative estimate of drug-likeness (QED) is 0.361. The van der Waals surface area contributed by atoms with Crippen molar-refractivity contribution in [1.82, 2.24) is 19.7 Å². The van der Waals surface area contributed by atoms with E-state index in [9.17, 15) is 27.2 Å². The fourth-order valence-corrected chi connectivity index (χ4v) is 3.42. The Balaban J connectivity index is 1.75. The summed E-state index contributed by atoms with van der Waals surface area (Å²) in [5.41, 5.74) is 3.26. The molecule has 2 heterocycles. The SMILES string of the molecule is Cn1ccc(-c2cc(C(=O)Nc3cnc(OCC(N)=O)nc3-c3ccccc3)c(F)cc2C(F)(F)F)n1. The minimum atomic E-state index is -4.89. The normalized spacial score (nSPS) is 11.3. The van der Waals surface area contributed by atoms with Crippen molar-refractivity contribution in [3.8, 4) is 28.5 Å². The zero-order valence-corrected chi connectivity index (χ0v) is 19.1. The Morgan fingerprint density at radius 1 is 1.14 bits per heavy atom. The second-order valence-corrected chi connectivity index (χ2v) is 7.74. The summed E-state index contributed by atoms with van der Waals surface area (Å²) in [6, 6.07) is 10.6. The van der Waals surface area contributed by atoms with E-state index in [-0.39, 0.29) is 29.2 Å². The van der Waals surface area contributed by atoms with E-state index in [2.05, 4.69) is 20.4 Å². The van der Waals surface area contributed by atoms with E-state index in [4.69, 9.17) is 10.5 Å². The van der Waals surface area contributed by atoms with E-state index >= 15 is 0 Å². The summed E-state index contributed by atoms with van der Waals surface area (Å²) in [5.74, 6) is -3.19. The molecule has 3 N–H and O–H groups in total. The molecule has 190 valence electrons. The minimum Gasteiger partial charge on any atom is -0.453 e. The average Bonchev–Trinajstić information content (AvgIpc) is 3.29. The van der Waals surface area contributed by atoms with Gasteiger partial charge in [-0.2, -0.15) is 23.3 Å². The van der Waals surface area contributed by atoms with Gasteiger partial charge in [0.25, 0.3) is 11.8 Å². The van der Waals surface area contributed by atoms with Crippen LogP contribution < -0.4 is 15.8 Å². The number of anilines is 1. The van der Waals surface area contributed by atoms with Gasteiger partial charge in [-0.1, -0.05) is 30.3 Å². The molecule has 2 amide bonds. The molecule has 4 aromatic rings. The first-order valence-corrected chi connectivity index (χ1v) is 10.6. The molecule has 0 saturated carbocycles. The van der Waals surface area contributed by atoms with Crippen molar-refractivity contribution in [2.45, 2.75) is 6.18 Å². The number of halogens is 4. The number of benzene rings is 2. The largest absolute Gasteiger partial charge is 0.453 e. The monoisotopic (exact) mass is 514 g/mol. The van der Waals surface area contributed by atoms with Crippen molar-refractivity contribution in [3.05, 3.63) is 77.9 Å². The van der Waals surface area contributed by atoms with Crippen LogP contribution in [0.5, 0.6) is 6.01 Å². The van der Waals surface area contributed by atoms with Crippen LogP contribution in [-0.2, 0) is 18.0 Å². The summed E-state index contributed by atoms with van der Waals surface area (Å²) in [6.45, 7) is -0.493. The Labute approximate surface area is 206 Å². The molecule has 0 fully saturated rings. The van der Waals surface area contributed by atoms with E-state index in [1.807, 2.05) is 0 Å². The molecule has 0 saturated heterocycles. The number of nitrogens with two attached hydrogens (primary N) is 1. The molecule has 2 aromatic carbocycles. The molecular formula is C24H18F4N6O3. The lowest BCUT2D eigenvalue weighted by Gasteiger charge is -2.15. The molecule has 0 radical (unpaired) electrons. The van der Waals surface area contributed by atoms with Crippen molar-refractivity contribution in [3.63, 3.8) is 0 Å². The van der Waals surface area contributed by atoms with Crippen LogP contribution in [-0.4, -0.2) is 38.2 Å². The number of carbonyl (C=O) groups excluding carboxylic acids is 2. The number of aromatic nitrogens is 4. The maximum atomic E-state index is 14.8. The lowest BCUT2D eigenvalue weighted by Crippen LogP contribution is -2.21. The van der Waals surface area contributed by atoms with E-state index in [0.717, 1.165) is 12.3 Å². The van der Waals surface area contributed by atoms with Gasteiger partial charge in [-0.25, -0.2) is 9.37 Å². The molecule has 2 aromatic heterocycles. The van der Waals surface area contributed by atoms with E-state index in [1.54, 1.807) is 30.3 Å². The van der Waals surface area contributed by atoms with Crippen LogP contribution in [0.3, 0.4) is 0 Å². The van der Waals surface area contributed by atoms with Gasteiger partial charge in [0.1, 0.15) is 11.5 Å². The predicted molar refractivity (Wildman–Crippen MR) is 124 cm³/mol. The standard InChI is InChI=1S/C24H18F4N6O3/c1-34-8-7-18(33-34)14-9-15(17(25)10-16(14)24(26,27)28)22(36)31-19-11-30-23(37-12-20(29)35)32-21(19)13-5-3-2-4-6-13/h2-11H,12H2,1H3,(H2,29,35)(H,31,36). The van der Waals surface area contributed by atoms with Crippen LogP contribution in [0.2, 0.25) is 0 Å². The Kier molecular flexibility index (Phi) is 6.87. The molecule has 0 aliphatic carbocycles. The molecule has 9 nitrogen and oxygen atoms in total. The molecule has 13 heteroatoms. The first-order chi connectivity index (χ1) is 17.5. The predicted octanol–water partition coefficient (Wildman–Crippen LogP) is 3.82. The Morgan fingerprint density at radius 3 is 2.49 bits per heavy atom. The van der Waals surface area contributed by atoms with Crippen LogP contribution in [0.1, 0.15) is 15.9 Å². The summed E-state index contributed by atoms with van der Waals surface area (Å²) in [6.07, 6.45) is -2.31. The fourth-order valence-electron chi connectivity index (χ4n) is 3.42. The molecular weight excluding hydrogens is 496 g/mol. The number of alkyl halides is 3. The second kappa shape index (κ2) is 10.0. The number of ether oxygens (including phenoxy) is 1. The molecule has 0 aliphatic heterocycles. The third-order valence-corrected chi connectivity index (χ3v) is 5.05. The number of nitrogens with zero attached hydrogens (tertiary/aromatic N) is 4. The summed E-state index contributed by atoms with van der Waals surface area (Å²) in [5, 5.41) is 6.40. The summed E-state index contributed by atoms with van der Waals surface area (Å²) in [7, 11) is 1.51. The molecule has 0 spiro atoms. The van der Waals surface area contributed by atoms with Crippen molar-refractivity contribution in [2.75, 3.05) is 11.9 Å². The lowest BCUT2D eigenvalue weighted by atomic mass is 9.99.